The average molecular weight is 404 g/mol. The number of benzene rings is 2. The fraction of sp³-hybridized carbons (Fsp3) is 0.333. The fourth-order valence-corrected chi connectivity index (χ4v) is 3.89. The maximum atomic E-state index is 12.6. The van der Waals surface area contributed by atoms with Crippen molar-refractivity contribution in [1.82, 2.24) is 5.32 Å². The lowest BCUT2D eigenvalue weighted by atomic mass is 9.87. The van der Waals surface area contributed by atoms with Gasteiger partial charge in [-0.3, -0.25) is 4.79 Å². The Kier molecular flexibility index (Phi) is 6.45. The third kappa shape index (κ3) is 4.66. The molecule has 0 spiro atoms. The molecule has 0 fully saturated rings. The highest BCUT2D eigenvalue weighted by Crippen LogP contribution is 2.29. The molecule has 142 valence electrons. The molecule has 0 saturated carbocycles. The molecule has 2 aromatic rings. The van der Waals surface area contributed by atoms with Gasteiger partial charge in [-0.25, -0.2) is 4.79 Å². The summed E-state index contributed by atoms with van der Waals surface area (Å²) in [4.78, 5) is 25.9. The summed E-state index contributed by atoms with van der Waals surface area (Å²) in [6, 6.07) is 13.3. The zero-order valence-corrected chi connectivity index (χ0v) is 16.9. The minimum Gasteiger partial charge on any atom is -0.449 e. The van der Waals surface area contributed by atoms with E-state index in [1.807, 2.05) is 30.5 Å². The minimum atomic E-state index is -0.902. The Labute approximate surface area is 168 Å². The van der Waals surface area contributed by atoms with Crippen LogP contribution in [0.25, 0.3) is 0 Å². The highest BCUT2D eigenvalue weighted by Gasteiger charge is 2.26. The van der Waals surface area contributed by atoms with Gasteiger partial charge in [0.2, 0.25) is 0 Å². The van der Waals surface area contributed by atoms with Crippen LogP contribution in [0.2, 0.25) is 5.02 Å². The van der Waals surface area contributed by atoms with E-state index >= 15 is 0 Å². The number of nitrogens with one attached hydrogen (secondary N) is 1. The van der Waals surface area contributed by atoms with Crippen molar-refractivity contribution >= 4 is 35.2 Å². The van der Waals surface area contributed by atoms with E-state index in [0.29, 0.717) is 5.02 Å². The van der Waals surface area contributed by atoms with Crippen molar-refractivity contribution in [2.75, 3.05) is 6.26 Å². The van der Waals surface area contributed by atoms with Gasteiger partial charge in [-0.05, 0) is 61.8 Å². The first-order chi connectivity index (χ1) is 13.0. The predicted molar refractivity (Wildman–Crippen MR) is 108 cm³/mol. The number of thioether (sulfide) groups is 1. The van der Waals surface area contributed by atoms with Crippen LogP contribution in [0.4, 0.5) is 0 Å². The standard InChI is InChI=1S/C21H22ClNO3S/c1-13(26-21(25)17-12-15(27-2)10-11-18(17)22)20(24)23-19-9-5-7-14-6-3-4-8-16(14)19/h3-4,6,8,10-13,19H,5,7,9H2,1-2H3,(H,23,24)/t13-,19-/m1/s1. The van der Waals surface area contributed by atoms with Gasteiger partial charge in [0.05, 0.1) is 16.6 Å². The molecule has 27 heavy (non-hydrogen) atoms. The summed E-state index contributed by atoms with van der Waals surface area (Å²) in [5.74, 6) is -0.898. The molecule has 0 saturated heterocycles. The zero-order chi connectivity index (χ0) is 19.4. The van der Waals surface area contributed by atoms with Gasteiger partial charge < -0.3 is 10.1 Å². The highest BCUT2D eigenvalue weighted by molar-refractivity contribution is 7.98. The van der Waals surface area contributed by atoms with Crippen LogP contribution in [-0.2, 0) is 16.0 Å². The maximum Gasteiger partial charge on any atom is 0.340 e. The lowest BCUT2D eigenvalue weighted by Gasteiger charge is -2.27. The van der Waals surface area contributed by atoms with Crippen molar-refractivity contribution in [1.29, 1.82) is 0 Å². The molecule has 1 aliphatic rings. The van der Waals surface area contributed by atoms with Gasteiger partial charge in [-0.1, -0.05) is 35.9 Å². The number of rotatable bonds is 5. The number of ether oxygens (including phenoxy) is 1. The SMILES string of the molecule is CSc1ccc(Cl)c(C(=O)O[C@H](C)C(=O)N[C@@H]2CCCc3ccccc32)c1. The molecule has 0 aliphatic heterocycles. The van der Waals surface area contributed by atoms with Crippen LogP contribution in [0.15, 0.2) is 47.4 Å². The van der Waals surface area contributed by atoms with Crippen LogP contribution < -0.4 is 5.32 Å². The van der Waals surface area contributed by atoms with Crippen molar-refractivity contribution in [2.45, 2.75) is 43.2 Å². The molecule has 6 heteroatoms. The molecule has 1 N–H and O–H groups in total. The van der Waals surface area contributed by atoms with Crippen LogP contribution >= 0.6 is 23.4 Å². The minimum absolute atomic E-state index is 0.0491. The molecule has 2 atom stereocenters. The molecule has 0 heterocycles. The predicted octanol–water partition coefficient (Wildman–Crippen LogP) is 4.80. The normalized spacial score (nSPS) is 16.9. The summed E-state index contributed by atoms with van der Waals surface area (Å²) < 4.78 is 5.36. The first kappa shape index (κ1) is 19.8. The number of esters is 1. The monoisotopic (exact) mass is 403 g/mol. The van der Waals surface area contributed by atoms with Gasteiger partial charge in [-0.2, -0.15) is 0 Å². The van der Waals surface area contributed by atoms with E-state index in [2.05, 4.69) is 11.4 Å². The van der Waals surface area contributed by atoms with E-state index < -0.39 is 12.1 Å². The molecule has 0 aromatic heterocycles. The summed E-state index contributed by atoms with van der Waals surface area (Å²) in [5, 5.41) is 3.33. The summed E-state index contributed by atoms with van der Waals surface area (Å²) in [5.41, 5.74) is 2.68. The number of aryl methyl sites for hydroxylation is 1. The number of hydrogen-bond donors (Lipinski definition) is 1. The average Bonchev–Trinajstić information content (AvgIpc) is 2.68. The molecule has 1 amide bonds. The van der Waals surface area contributed by atoms with E-state index in [9.17, 15) is 9.59 Å². The number of carbonyl (C=O) groups is 2. The first-order valence-electron chi connectivity index (χ1n) is 8.92. The van der Waals surface area contributed by atoms with Crippen molar-refractivity contribution < 1.29 is 14.3 Å². The van der Waals surface area contributed by atoms with Gasteiger partial charge in [0, 0.05) is 4.90 Å². The highest BCUT2D eigenvalue weighted by atomic mass is 35.5. The molecule has 0 bridgehead atoms. The molecule has 2 aromatic carbocycles. The molecular formula is C21H22ClNO3S. The fourth-order valence-electron chi connectivity index (χ4n) is 3.26. The Balaban J connectivity index is 1.66. The van der Waals surface area contributed by atoms with E-state index in [0.717, 1.165) is 29.7 Å². The first-order valence-corrected chi connectivity index (χ1v) is 10.5. The van der Waals surface area contributed by atoms with Crippen LogP contribution in [0, 0.1) is 0 Å². The number of carbonyl (C=O) groups excluding carboxylic acids is 2. The molecule has 0 radical (unpaired) electrons. The Bertz CT molecular complexity index is 855. The quantitative estimate of drug-likeness (QED) is 0.575. The van der Waals surface area contributed by atoms with E-state index in [4.69, 9.17) is 16.3 Å². The third-order valence-electron chi connectivity index (χ3n) is 4.73. The Morgan fingerprint density at radius 2 is 2.04 bits per heavy atom. The molecule has 0 unspecified atom stereocenters. The van der Waals surface area contributed by atoms with Crippen molar-refractivity contribution in [3.05, 3.63) is 64.2 Å². The smallest absolute Gasteiger partial charge is 0.340 e. The van der Waals surface area contributed by atoms with E-state index in [-0.39, 0.29) is 17.5 Å². The summed E-state index contributed by atoms with van der Waals surface area (Å²) >= 11 is 7.62. The second kappa shape index (κ2) is 8.81. The third-order valence-corrected chi connectivity index (χ3v) is 5.79. The van der Waals surface area contributed by atoms with Gasteiger partial charge in [-0.15, -0.1) is 11.8 Å². The second-order valence-electron chi connectivity index (χ2n) is 6.55. The lowest BCUT2D eigenvalue weighted by Crippen LogP contribution is -2.39. The summed E-state index contributed by atoms with van der Waals surface area (Å²) in [6.45, 7) is 1.58. The Hall–Kier alpha value is -1.98. The van der Waals surface area contributed by atoms with Crippen LogP contribution in [0.1, 0.15) is 47.3 Å². The van der Waals surface area contributed by atoms with Gasteiger partial charge in [0.15, 0.2) is 6.10 Å². The molecular weight excluding hydrogens is 382 g/mol. The van der Waals surface area contributed by atoms with Gasteiger partial charge in [0.1, 0.15) is 0 Å². The number of hydrogen-bond acceptors (Lipinski definition) is 4. The topological polar surface area (TPSA) is 55.4 Å². The summed E-state index contributed by atoms with van der Waals surface area (Å²) in [6.07, 6.45) is 3.94. The van der Waals surface area contributed by atoms with Gasteiger partial charge in [0.25, 0.3) is 5.91 Å². The zero-order valence-electron chi connectivity index (χ0n) is 15.3. The number of amides is 1. The molecule has 3 rings (SSSR count). The molecule has 4 nitrogen and oxygen atoms in total. The van der Waals surface area contributed by atoms with Crippen LogP contribution in [0.3, 0.4) is 0 Å². The Morgan fingerprint density at radius 3 is 2.81 bits per heavy atom. The maximum absolute atomic E-state index is 12.6. The van der Waals surface area contributed by atoms with Crippen LogP contribution in [0.5, 0.6) is 0 Å². The number of halogens is 1. The van der Waals surface area contributed by atoms with Crippen molar-refractivity contribution in [3.63, 3.8) is 0 Å². The number of fused-ring (bicyclic) bond motifs is 1. The Morgan fingerprint density at radius 1 is 1.26 bits per heavy atom. The summed E-state index contributed by atoms with van der Waals surface area (Å²) in [7, 11) is 0. The lowest BCUT2D eigenvalue weighted by molar-refractivity contribution is -0.130. The van der Waals surface area contributed by atoms with E-state index in [1.165, 1.54) is 17.3 Å². The van der Waals surface area contributed by atoms with Crippen molar-refractivity contribution in [3.8, 4) is 0 Å². The van der Waals surface area contributed by atoms with E-state index in [1.54, 1.807) is 19.1 Å². The largest absolute Gasteiger partial charge is 0.449 e. The molecule has 1 aliphatic carbocycles. The van der Waals surface area contributed by atoms with Gasteiger partial charge >= 0.3 is 5.97 Å². The second-order valence-corrected chi connectivity index (χ2v) is 7.83. The van der Waals surface area contributed by atoms with Crippen LogP contribution in [-0.4, -0.2) is 24.2 Å². The van der Waals surface area contributed by atoms with Crippen molar-refractivity contribution in [2.24, 2.45) is 0 Å².